The van der Waals surface area contributed by atoms with Crippen molar-refractivity contribution in [2.45, 2.75) is 37.6 Å². The number of amides is 1. The number of rotatable bonds is 8. The van der Waals surface area contributed by atoms with Crippen LogP contribution in [0, 0.1) is 0 Å². The predicted octanol–water partition coefficient (Wildman–Crippen LogP) is 1.29. The molecule has 1 atom stereocenters. The molecule has 1 aromatic carbocycles. The summed E-state index contributed by atoms with van der Waals surface area (Å²) in [6.45, 7) is 6.05. The van der Waals surface area contributed by atoms with Crippen molar-refractivity contribution >= 4 is 21.4 Å². The number of nitrogens with two attached hydrogens (primary N) is 1. The predicted molar refractivity (Wildman–Crippen MR) is 104 cm³/mol. The molecule has 0 bridgehead atoms. The van der Waals surface area contributed by atoms with Gasteiger partial charge in [-0.15, -0.1) is 0 Å². The minimum atomic E-state index is -3.63. The highest BCUT2D eigenvalue weighted by Crippen LogP contribution is 2.41. The number of nitrogens with one attached hydrogen (secondary N) is 1. The Hall–Kier alpha value is -2.00. The Kier molecular flexibility index (Phi) is 6.94. The fourth-order valence-corrected chi connectivity index (χ4v) is 4.50. The Morgan fingerprint density at radius 2 is 1.96 bits per heavy atom. The van der Waals surface area contributed by atoms with Gasteiger partial charge < -0.3 is 20.5 Å². The number of methoxy groups -OCH3 is 2. The maximum Gasteiger partial charge on any atom is 0.255 e. The molecule has 3 N–H and O–H groups in total. The molecule has 0 radical (unpaired) electrons. The van der Waals surface area contributed by atoms with Gasteiger partial charge in [-0.05, 0) is 32.0 Å². The molecule has 1 heterocycles. The quantitative estimate of drug-likeness (QED) is 0.634. The van der Waals surface area contributed by atoms with Gasteiger partial charge in [-0.25, -0.2) is 8.42 Å². The molecule has 1 aliphatic rings. The third-order valence-corrected chi connectivity index (χ3v) is 6.78. The number of ether oxygens (including phenoxy) is 2. The van der Waals surface area contributed by atoms with Gasteiger partial charge in [0.25, 0.3) is 5.91 Å². The molecule has 0 aliphatic carbocycles. The van der Waals surface area contributed by atoms with Crippen molar-refractivity contribution in [1.82, 2.24) is 10.2 Å². The van der Waals surface area contributed by atoms with E-state index in [9.17, 15) is 13.2 Å². The molecule has 152 valence electrons. The van der Waals surface area contributed by atoms with E-state index < -0.39 is 15.7 Å². The minimum absolute atomic E-state index is 0.0493. The van der Waals surface area contributed by atoms with Crippen molar-refractivity contribution in [3.63, 3.8) is 0 Å². The first-order valence-corrected chi connectivity index (χ1v) is 10.7. The second kappa shape index (κ2) is 8.79. The SMILES string of the molecule is CCN1CCCC1CNC(=O)c1cc(S(=O)(=O)CC)c(N)c(OC)c1OC. The molecule has 1 aliphatic heterocycles. The summed E-state index contributed by atoms with van der Waals surface area (Å²) in [5.41, 5.74) is 6.03. The highest BCUT2D eigenvalue weighted by molar-refractivity contribution is 7.91. The summed E-state index contributed by atoms with van der Waals surface area (Å²) >= 11 is 0. The molecule has 1 amide bonds. The van der Waals surface area contributed by atoms with Gasteiger partial charge in [-0.1, -0.05) is 13.8 Å². The van der Waals surface area contributed by atoms with E-state index in [2.05, 4.69) is 17.1 Å². The molecule has 1 fully saturated rings. The van der Waals surface area contributed by atoms with E-state index in [1.807, 2.05) is 0 Å². The highest BCUT2D eigenvalue weighted by Gasteiger charge is 2.29. The van der Waals surface area contributed by atoms with Crippen LogP contribution in [0.3, 0.4) is 0 Å². The van der Waals surface area contributed by atoms with Crippen LogP contribution in [0.4, 0.5) is 5.69 Å². The summed E-state index contributed by atoms with van der Waals surface area (Å²) in [6, 6.07) is 1.55. The number of hydrogen-bond donors (Lipinski definition) is 2. The molecule has 0 saturated carbocycles. The van der Waals surface area contributed by atoms with Gasteiger partial charge in [0.1, 0.15) is 0 Å². The number of benzene rings is 1. The lowest BCUT2D eigenvalue weighted by Gasteiger charge is -2.23. The van der Waals surface area contributed by atoms with Crippen molar-refractivity contribution in [2.24, 2.45) is 0 Å². The summed E-state index contributed by atoms with van der Waals surface area (Å²) in [5, 5.41) is 2.90. The van der Waals surface area contributed by atoms with Crippen molar-refractivity contribution in [3.8, 4) is 11.5 Å². The number of sulfone groups is 1. The van der Waals surface area contributed by atoms with Crippen LogP contribution in [0.1, 0.15) is 37.0 Å². The van der Waals surface area contributed by atoms with Crippen LogP contribution in [-0.4, -0.2) is 64.9 Å². The van der Waals surface area contributed by atoms with Gasteiger partial charge >= 0.3 is 0 Å². The van der Waals surface area contributed by atoms with Crippen LogP contribution in [0.5, 0.6) is 11.5 Å². The van der Waals surface area contributed by atoms with Crippen LogP contribution in [-0.2, 0) is 9.84 Å². The highest BCUT2D eigenvalue weighted by atomic mass is 32.2. The number of hydrogen-bond acceptors (Lipinski definition) is 7. The Morgan fingerprint density at radius 1 is 1.30 bits per heavy atom. The number of nitrogen functional groups attached to an aromatic ring is 1. The normalized spacial score (nSPS) is 17.7. The average molecular weight is 400 g/mol. The number of carbonyl (C=O) groups is 1. The van der Waals surface area contributed by atoms with E-state index in [1.165, 1.54) is 27.2 Å². The summed E-state index contributed by atoms with van der Waals surface area (Å²) < 4.78 is 35.4. The zero-order valence-electron chi connectivity index (χ0n) is 16.4. The number of anilines is 1. The Morgan fingerprint density at radius 3 is 2.52 bits per heavy atom. The van der Waals surface area contributed by atoms with Gasteiger partial charge in [-0.2, -0.15) is 0 Å². The minimum Gasteiger partial charge on any atom is -0.492 e. The lowest BCUT2D eigenvalue weighted by Crippen LogP contribution is -2.40. The van der Waals surface area contributed by atoms with Crippen molar-refractivity contribution in [1.29, 1.82) is 0 Å². The molecule has 1 saturated heterocycles. The van der Waals surface area contributed by atoms with Crippen LogP contribution in [0.25, 0.3) is 0 Å². The lowest BCUT2D eigenvalue weighted by atomic mass is 10.1. The second-order valence-corrected chi connectivity index (χ2v) is 8.69. The van der Waals surface area contributed by atoms with E-state index in [0.717, 1.165) is 25.9 Å². The van der Waals surface area contributed by atoms with Gasteiger partial charge in [0.2, 0.25) is 0 Å². The molecular weight excluding hydrogens is 370 g/mol. The summed E-state index contributed by atoms with van der Waals surface area (Å²) in [7, 11) is -0.891. The molecule has 27 heavy (non-hydrogen) atoms. The Bertz CT molecular complexity index is 795. The first kappa shape index (κ1) is 21.3. The number of carbonyl (C=O) groups excluding carboxylic acids is 1. The smallest absolute Gasteiger partial charge is 0.255 e. The van der Waals surface area contributed by atoms with Gasteiger partial charge in [0.05, 0.1) is 36.1 Å². The van der Waals surface area contributed by atoms with Gasteiger partial charge in [0, 0.05) is 12.6 Å². The van der Waals surface area contributed by atoms with Crippen molar-refractivity contribution < 1.29 is 22.7 Å². The number of likely N-dealkylation sites (tertiary alicyclic amines) is 1. The first-order valence-electron chi connectivity index (χ1n) is 9.10. The summed E-state index contributed by atoms with van der Waals surface area (Å²) in [4.78, 5) is 15.0. The monoisotopic (exact) mass is 399 g/mol. The van der Waals surface area contributed by atoms with E-state index in [1.54, 1.807) is 0 Å². The molecule has 1 aromatic rings. The molecule has 2 rings (SSSR count). The first-order chi connectivity index (χ1) is 12.8. The van der Waals surface area contributed by atoms with Crippen LogP contribution >= 0.6 is 0 Å². The van der Waals surface area contributed by atoms with Crippen LogP contribution < -0.4 is 20.5 Å². The number of nitrogens with zero attached hydrogens (tertiary/aromatic N) is 1. The maximum atomic E-state index is 12.8. The summed E-state index contributed by atoms with van der Waals surface area (Å²) in [6.07, 6.45) is 2.12. The molecule has 8 nitrogen and oxygen atoms in total. The Labute approximate surface area is 160 Å². The fraction of sp³-hybridized carbons (Fsp3) is 0.611. The zero-order chi connectivity index (χ0) is 20.2. The number of likely N-dealkylation sites (N-methyl/N-ethyl adjacent to an activating group) is 1. The van der Waals surface area contributed by atoms with Crippen LogP contribution in [0.15, 0.2) is 11.0 Å². The Balaban J connectivity index is 2.39. The molecule has 9 heteroatoms. The molecule has 0 spiro atoms. The van der Waals surface area contributed by atoms with Gasteiger partial charge in [0.15, 0.2) is 21.3 Å². The van der Waals surface area contributed by atoms with E-state index in [-0.39, 0.29) is 39.4 Å². The van der Waals surface area contributed by atoms with E-state index in [4.69, 9.17) is 15.2 Å². The molecule has 0 aromatic heterocycles. The summed E-state index contributed by atoms with van der Waals surface area (Å²) in [5.74, 6) is -0.378. The fourth-order valence-electron chi connectivity index (χ4n) is 3.47. The average Bonchev–Trinajstić information content (AvgIpc) is 3.12. The van der Waals surface area contributed by atoms with Crippen molar-refractivity contribution in [3.05, 3.63) is 11.6 Å². The van der Waals surface area contributed by atoms with Crippen LogP contribution in [0.2, 0.25) is 0 Å². The standard InChI is InChI=1S/C18H29N3O5S/c1-5-21-9-7-8-12(21)11-20-18(22)13-10-14(27(23,24)6-2)15(19)17(26-4)16(13)25-3/h10,12H,5-9,11,19H2,1-4H3,(H,20,22). The third kappa shape index (κ3) is 4.30. The topological polar surface area (TPSA) is 111 Å². The molecular formula is C18H29N3O5S. The van der Waals surface area contributed by atoms with Gasteiger partial charge in [-0.3, -0.25) is 9.69 Å². The third-order valence-electron chi connectivity index (χ3n) is 5.01. The zero-order valence-corrected chi connectivity index (χ0v) is 17.2. The van der Waals surface area contributed by atoms with E-state index >= 15 is 0 Å². The van der Waals surface area contributed by atoms with E-state index in [0.29, 0.717) is 6.54 Å². The largest absolute Gasteiger partial charge is 0.492 e. The van der Waals surface area contributed by atoms with Crippen molar-refractivity contribution in [2.75, 3.05) is 45.3 Å². The molecule has 1 unspecified atom stereocenters. The second-order valence-electron chi connectivity index (χ2n) is 6.44. The lowest BCUT2D eigenvalue weighted by molar-refractivity contribution is 0.0937. The maximum absolute atomic E-state index is 12.8.